The van der Waals surface area contributed by atoms with Crippen LogP contribution in [0.1, 0.15) is 45.4 Å². The Bertz CT molecular complexity index is 777. The summed E-state index contributed by atoms with van der Waals surface area (Å²) in [5.41, 5.74) is 0.304. The number of carbonyl (C=O) groups is 1. The van der Waals surface area contributed by atoms with Crippen LogP contribution in [0, 0.1) is 34.5 Å². The maximum Gasteiger partial charge on any atom is 0.263 e. The minimum absolute atomic E-state index is 0.0772. The standard InChI is InChI=1S/C21H25BrN4O/c1-13(21-8-14-4-15(9-21)6-16(5-14)10-21)26-20(27)17(11-23)12-25-19-7-18(22)2-3-24-19/h2-3,7,12-16H,4-6,8-10H2,1H3,(H,24,25)(H,26,27)/b17-12-. The third-order valence-electron chi connectivity index (χ3n) is 6.80. The van der Waals surface area contributed by atoms with Crippen molar-refractivity contribution in [2.45, 2.75) is 51.5 Å². The van der Waals surface area contributed by atoms with Gasteiger partial charge in [0.1, 0.15) is 17.5 Å². The molecule has 0 spiro atoms. The first-order chi connectivity index (χ1) is 13.0. The van der Waals surface area contributed by atoms with Crippen LogP contribution >= 0.6 is 15.9 Å². The van der Waals surface area contributed by atoms with Crippen LogP contribution in [0.2, 0.25) is 0 Å². The minimum Gasteiger partial charge on any atom is -0.348 e. The Balaban J connectivity index is 1.43. The van der Waals surface area contributed by atoms with E-state index in [9.17, 15) is 10.1 Å². The molecule has 4 aliphatic rings. The molecule has 4 aliphatic carbocycles. The number of aromatic nitrogens is 1. The zero-order valence-corrected chi connectivity index (χ0v) is 17.1. The van der Waals surface area contributed by atoms with Crippen molar-refractivity contribution in [3.63, 3.8) is 0 Å². The number of nitrogens with zero attached hydrogens (tertiary/aromatic N) is 2. The Morgan fingerprint density at radius 3 is 2.52 bits per heavy atom. The van der Waals surface area contributed by atoms with E-state index in [4.69, 9.17) is 0 Å². The molecule has 4 saturated carbocycles. The minimum atomic E-state index is -0.303. The first-order valence-corrected chi connectivity index (χ1v) is 10.6. The van der Waals surface area contributed by atoms with Crippen LogP contribution in [-0.4, -0.2) is 16.9 Å². The fourth-order valence-corrected chi connectivity index (χ4v) is 6.25. The van der Waals surface area contributed by atoms with E-state index in [0.29, 0.717) is 5.82 Å². The molecule has 1 aromatic heterocycles. The van der Waals surface area contributed by atoms with E-state index in [1.165, 1.54) is 44.7 Å². The Morgan fingerprint density at radius 2 is 1.96 bits per heavy atom. The summed E-state index contributed by atoms with van der Waals surface area (Å²) in [7, 11) is 0. The second-order valence-corrected chi connectivity index (χ2v) is 9.56. The Morgan fingerprint density at radius 1 is 1.33 bits per heavy atom. The predicted molar refractivity (Wildman–Crippen MR) is 107 cm³/mol. The first kappa shape index (κ1) is 18.5. The molecular formula is C21H25BrN4O. The molecule has 0 radical (unpaired) electrons. The van der Waals surface area contributed by atoms with Gasteiger partial charge in [0.15, 0.2) is 0 Å². The van der Waals surface area contributed by atoms with Gasteiger partial charge in [0.2, 0.25) is 0 Å². The van der Waals surface area contributed by atoms with Crippen LogP contribution in [0.25, 0.3) is 0 Å². The highest BCUT2D eigenvalue weighted by Crippen LogP contribution is 2.61. The van der Waals surface area contributed by atoms with Gasteiger partial charge in [-0.1, -0.05) is 15.9 Å². The van der Waals surface area contributed by atoms with Gasteiger partial charge in [-0.25, -0.2) is 4.98 Å². The number of nitrogens with one attached hydrogen (secondary N) is 2. The topological polar surface area (TPSA) is 77.8 Å². The zero-order chi connectivity index (χ0) is 19.0. The van der Waals surface area contributed by atoms with Gasteiger partial charge in [-0.05, 0) is 80.8 Å². The Labute approximate surface area is 168 Å². The van der Waals surface area contributed by atoms with Gasteiger partial charge in [0.25, 0.3) is 5.91 Å². The third kappa shape index (κ3) is 3.75. The number of hydrogen-bond acceptors (Lipinski definition) is 4. The lowest BCUT2D eigenvalue weighted by Gasteiger charge is -2.59. The number of anilines is 1. The molecule has 2 N–H and O–H groups in total. The Kier molecular flexibility index (Phi) is 4.98. The maximum absolute atomic E-state index is 12.7. The summed E-state index contributed by atoms with van der Waals surface area (Å²) in [5.74, 6) is 2.80. The molecule has 1 amide bonds. The highest BCUT2D eigenvalue weighted by Gasteiger charge is 2.53. The summed E-state index contributed by atoms with van der Waals surface area (Å²) in [4.78, 5) is 16.9. The quantitative estimate of drug-likeness (QED) is 0.538. The summed E-state index contributed by atoms with van der Waals surface area (Å²) in [6, 6.07) is 5.72. The lowest BCUT2D eigenvalue weighted by Crippen LogP contribution is -2.56. The van der Waals surface area contributed by atoms with Crippen LogP contribution < -0.4 is 10.6 Å². The van der Waals surface area contributed by atoms with Crippen molar-refractivity contribution in [1.29, 1.82) is 5.26 Å². The van der Waals surface area contributed by atoms with Gasteiger partial charge in [-0.15, -0.1) is 0 Å². The van der Waals surface area contributed by atoms with Crippen LogP contribution in [-0.2, 0) is 4.79 Å². The van der Waals surface area contributed by atoms with Gasteiger partial charge in [0, 0.05) is 22.9 Å². The summed E-state index contributed by atoms with van der Waals surface area (Å²) >= 11 is 3.38. The summed E-state index contributed by atoms with van der Waals surface area (Å²) in [5, 5.41) is 15.5. The molecule has 0 aliphatic heterocycles. The van der Waals surface area contributed by atoms with E-state index in [0.717, 1.165) is 22.2 Å². The average molecular weight is 429 g/mol. The van der Waals surface area contributed by atoms with Crippen molar-refractivity contribution in [2.24, 2.45) is 23.2 Å². The van der Waals surface area contributed by atoms with Crippen molar-refractivity contribution in [3.8, 4) is 6.07 Å². The monoisotopic (exact) mass is 428 g/mol. The van der Waals surface area contributed by atoms with Crippen LogP contribution in [0.5, 0.6) is 0 Å². The maximum atomic E-state index is 12.7. The molecule has 27 heavy (non-hydrogen) atoms. The number of halogens is 1. The number of nitriles is 1. The predicted octanol–water partition coefficient (Wildman–Crippen LogP) is 4.38. The molecule has 1 heterocycles. The number of rotatable bonds is 5. The van der Waals surface area contributed by atoms with Crippen molar-refractivity contribution in [2.75, 3.05) is 5.32 Å². The van der Waals surface area contributed by atoms with Crippen LogP contribution in [0.15, 0.2) is 34.6 Å². The van der Waals surface area contributed by atoms with Crippen molar-refractivity contribution < 1.29 is 4.79 Å². The van der Waals surface area contributed by atoms with E-state index in [2.05, 4.69) is 38.5 Å². The molecule has 1 atom stereocenters. The second-order valence-electron chi connectivity index (χ2n) is 8.65. The normalized spacial score (nSPS) is 32.6. The first-order valence-electron chi connectivity index (χ1n) is 9.76. The molecule has 0 aromatic carbocycles. The highest BCUT2D eigenvalue weighted by molar-refractivity contribution is 9.10. The molecule has 1 unspecified atom stereocenters. The number of pyridine rings is 1. The summed E-state index contributed by atoms with van der Waals surface area (Å²) < 4.78 is 0.881. The molecule has 6 heteroatoms. The van der Waals surface area contributed by atoms with E-state index in [-0.39, 0.29) is 22.9 Å². The number of carbonyl (C=O) groups excluding carboxylic acids is 1. The van der Waals surface area contributed by atoms with E-state index in [1.807, 2.05) is 12.1 Å². The molecule has 142 valence electrons. The fourth-order valence-electron chi connectivity index (χ4n) is 5.91. The molecule has 5 rings (SSSR count). The lowest BCUT2D eigenvalue weighted by molar-refractivity contribution is -0.122. The van der Waals surface area contributed by atoms with Gasteiger partial charge in [0.05, 0.1) is 0 Å². The molecule has 4 bridgehead atoms. The van der Waals surface area contributed by atoms with Gasteiger partial charge in [-0.3, -0.25) is 4.79 Å². The second kappa shape index (κ2) is 7.27. The van der Waals surface area contributed by atoms with E-state index < -0.39 is 0 Å². The third-order valence-corrected chi connectivity index (χ3v) is 7.30. The SMILES string of the molecule is CC(NC(=O)/C(C#N)=C\Nc1cc(Br)ccn1)C12CC3CC(CC(C3)C1)C2. The zero-order valence-electron chi connectivity index (χ0n) is 15.5. The molecule has 4 fully saturated rings. The smallest absolute Gasteiger partial charge is 0.263 e. The Hall–Kier alpha value is -1.87. The number of amides is 1. The van der Waals surface area contributed by atoms with E-state index in [1.54, 1.807) is 12.3 Å². The van der Waals surface area contributed by atoms with Gasteiger partial charge >= 0.3 is 0 Å². The highest BCUT2D eigenvalue weighted by atomic mass is 79.9. The summed E-state index contributed by atoms with van der Waals surface area (Å²) in [6.45, 7) is 2.13. The lowest BCUT2D eigenvalue weighted by atomic mass is 9.48. The van der Waals surface area contributed by atoms with Crippen molar-refractivity contribution >= 4 is 27.7 Å². The van der Waals surface area contributed by atoms with Gasteiger partial charge < -0.3 is 10.6 Å². The van der Waals surface area contributed by atoms with Crippen molar-refractivity contribution in [1.82, 2.24) is 10.3 Å². The van der Waals surface area contributed by atoms with Crippen LogP contribution in [0.3, 0.4) is 0 Å². The molecule has 5 nitrogen and oxygen atoms in total. The number of hydrogen-bond donors (Lipinski definition) is 2. The molecule has 1 aromatic rings. The average Bonchev–Trinajstić information content (AvgIpc) is 2.61. The molecule has 0 saturated heterocycles. The molecular weight excluding hydrogens is 404 g/mol. The van der Waals surface area contributed by atoms with E-state index >= 15 is 0 Å². The largest absolute Gasteiger partial charge is 0.348 e. The van der Waals surface area contributed by atoms with Gasteiger partial charge in [-0.2, -0.15) is 5.26 Å². The van der Waals surface area contributed by atoms with Crippen molar-refractivity contribution in [3.05, 3.63) is 34.6 Å². The van der Waals surface area contributed by atoms with Crippen LogP contribution in [0.4, 0.5) is 5.82 Å². The summed E-state index contributed by atoms with van der Waals surface area (Å²) in [6.07, 6.45) is 10.9. The fraction of sp³-hybridized carbons (Fsp3) is 0.571.